The van der Waals surface area contributed by atoms with Gasteiger partial charge in [-0.1, -0.05) is 290 Å². The third-order valence-electron chi connectivity index (χ3n) is 14.0. The number of aliphatic hydroxyl groups is 1. The summed E-state index contributed by atoms with van der Waals surface area (Å²) in [6.07, 6.45) is 53.4. The van der Waals surface area contributed by atoms with Gasteiger partial charge in [-0.2, -0.15) is 0 Å². The quantitative estimate of drug-likeness (QED) is 0.0259. The molecule has 0 aliphatic rings. The summed E-state index contributed by atoms with van der Waals surface area (Å²) in [5.74, 6) is -1.42. The van der Waals surface area contributed by atoms with Crippen molar-refractivity contribution in [3.63, 3.8) is 0 Å². The minimum atomic E-state index is -4.74. The molecule has 0 aromatic carbocycles. The van der Waals surface area contributed by atoms with Crippen LogP contribution in [0.25, 0.3) is 0 Å². The molecule has 428 valence electrons. The lowest BCUT2D eigenvalue weighted by molar-refractivity contribution is -0.161. The molecular formula is C60H117O11P. The Labute approximate surface area is 443 Å². The number of aliphatic hydroxyl groups excluding tert-OH is 1. The number of carbonyl (C=O) groups excluding carboxylic acids is 3. The largest absolute Gasteiger partial charge is 0.472 e. The summed E-state index contributed by atoms with van der Waals surface area (Å²) in [5, 5.41) is 9.83. The van der Waals surface area contributed by atoms with Crippen molar-refractivity contribution in [2.75, 3.05) is 26.4 Å². The van der Waals surface area contributed by atoms with Crippen molar-refractivity contribution >= 4 is 25.7 Å². The van der Waals surface area contributed by atoms with E-state index in [0.29, 0.717) is 19.3 Å². The molecule has 0 saturated carbocycles. The van der Waals surface area contributed by atoms with Crippen LogP contribution in [0.15, 0.2) is 0 Å². The zero-order valence-electron chi connectivity index (χ0n) is 47.4. The molecule has 0 amide bonds. The Hall–Kier alpha value is -1.52. The van der Waals surface area contributed by atoms with Crippen molar-refractivity contribution in [1.29, 1.82) is 0 Å². The van der Waals surface area contributed by atoms with Gasteiger partial charge >= 0.3 is 25.7 Å². The fraction of sp³-hybridized carbons (Fsp3) is 0.950. The molecule has 0 rings (SSSR count). The second kappa shape index (κ2) is 55.7. The van der Waals surface area contributed by atoms with Crippen LogP contribution in [0.5, 0.6) is 0 Å². The summed E-state index contributed by atoms with van der Waals surface area (Å²) in [4.78, 5) is 48.6. The molecule has 0 radical (unpaired) electrons. The molecule has 0 fully saturated rings. The third kappa shape index (κ3) is 53.3. The van der Waals surface area contributed by atoms with E-state index in [1.807, 2.05) is 0 Å². The van der Waals surface area contributed by atoms with E-state index in [4.69, 9.17) is 23.3 Å². The molecule has 0 aromatic heterocycles. The van der Waals surface area contributed by atoms with E-state index < -0.39 is 57.8 Å². The van der Waals surface area contributed by atoms with Gasteiger partial charge in [-0.25, -0.2) is 4.57 Å². The molecule has 3 unspecified atom stereocenters. The smallest absolute Gasteiger partial charge is 0.462 e. The molecule has 0 aliphatic heterocycles. The molecule has 0 saturated heterocycles. The Kier molecular flexibility index (Phi) is 54.5. The highest BCUT2D eigenvalue weighted by Gasteiger charge is 2.28. The van der Waals surface area contributed by atoms with Crippen LogP contribution in [0, 0.1) is 0 Å². The number of rotatable bonds is 59. The summed E-state index contributed by atoms with van der Waals surface area (Å²) in [6, 6.07) is 0. The maximum Gasteiger partial charge on any atom is 0.472 e. The summed E-state index contributed by atoms with van der Waals surface area (Å²) in [6.45, 7) is 4.73. The van der Waals surface area contributed by atoms with E-state index in [1.165, 1.54) is 212 Å². The second-order valence-electron chi connectivity index (χ2n) is 21.2. The summed E-state index contributed by atoms with van der Waals surface area (Å²) in [5.41, 5.74) is 0. The summed E-state index contributed by atoms with van der Waals surface area (Å²) >= 11 is 0. The monoisotopic (exact) mass is 1040 g/mol. The Bertz CT molecular complexity index is 1220. The van der Waals surface area contributed by atoms with Gasteiger partial charge < -0.3 is 24.2 Å². The van der Waals surface area contributed by atoms with E-state index >= 15 is 0 Å². The first-order valence-corrected chi connectivity index (χ1v) is 32.4. The van der Waals surface area contributed by atoms with Gasteiger partial charge in [0.05, 0.1) is 19.8 Å². The number of unbranched alkanes of at least 4 members (excludes halogenated alkanes) is 42. The van der Waals surface area contributed by atoms with Gasteiger partial charge in [0.25, 0.3) is 0 Å². The molecule has 12 heteroatoms. The van der Waals surface area contributed by atoms with Gasteiger partial charge in [-0.3, -0.25) is 23.4 Å². The Morgan fingerprint density at radius 3 is 0.819 bits per heavy atom. The molecule has 0 aromatic rings. The normalized spacial score (nSPS) is 13.2. The molecule has 0 aliphatic carbocycles. The molecule has 11 nitrogen and oxygen atoms in total. The Morgan fingerprint density at radius 2 is 0.556 bits per heavy atom. The number of hydrogen-bond donors (Lipinski definition) is 2. The highest BCUT2D eigenvalue weighted by Crippen LogP contribution is 2.43. The summed E-state index contributed by atoms with van der Waals surface area (Å²) in [7, 11) is -4.74. The standard InChI is InChI=1S/C60H117O11P/c1-4-7-10-13-16-19-22-25-27-28-30-33-36-39-42-45-48-51-60(64)71-57(53-67-58(62)49-46-43-40-37-34-31-24-21-18-15-12-9-6-3)55-69-72(65,66)68-54-56(52-61)70-59(63)50-47-44-41-38-35-32-29-26-23-20-17-14-11-8-5-2/h56-57,61H,4-55H2,1-3H3,(H,65,66). The lowest BCUT2D eigenvalue weighted by atomic mass is 10.0. The number of esters is 3. The SMILES string of the molecule is CCCCCCCCCCCCCCCCCCCC(=O)OC(COC(=O)CCCCCCCCCCCCCCC)COP(=O)(O)OCC(CO)OC(=O)CCCCCCCCCCCCCCCCC. The lowest BCUT2D eigenvalue weighted by Crippen LogP contribution is -2.30. The minimum Gasteiger partial charge on any atom is -0.462 e. The van der Waals surface area contributed by atoms with Crippen LogP contribution in [0.1, 0.15) is 329 Å². The van der Waals surface area contributed by atoms with Crippen LogP contribution in [0.3, 0.4) is 0 Å². The highest BCUT2D eigenvalue weighted by molar-refractivity contribution is 7.47. The van der Waals surface area contributed by atoms with E-state index in [9.17, 15) is 28.9 Å². The first kappa shape index (κ1) is 70.5. The van der Waals surface area contributed by atoms with Crippen LogP contribution >= 0.6 is 7.82 Å². The van der Waals surface area contributed by atoms with Crippen molar-refractivity contribution in [3.05, 3.63) is 0 Å². The van der Waals surface area contributed by atoms with Gasteiger partial charge in [0, 0.05) is 19.3 Å². The first-order chi connectivity index (χ1) is 35.2. The van der Waals surface area contributed by atoms with E-state index in [1.54, 1.807) is 0 Å². The molecule has 0 spiro atoms. The van der Waals surface area contributed by atoms with E-state index in [0.717, 1.165) is 57.8 Å². The van der Waals surface area contributed by atoms with Crippen molar-refractivity contribution in [2.45, 2.75) is 341 Å². The second-order valence-corrected chi connectivity index (χ2v) is 22.7. The van der Waals surface area contributed by atoms with Crippen LogP contribution in [-0.2, 0) is 42.2 Å². The van der Waals surface area contributed by atoms with E-state index in [-0.39, 0.29) is 25.9 Å². The maximum atomic E-state index is 12.9. The fourth-order valence-corrected chi connectivity index (χ4v) is 10.1. The predicted octanol–water partition coefficient (Wildman–Crippen LogP) is 18.3. The Balaban J connectivity index is 4.62. The molecule has 0 bridgehead atoms. The van der Waals surface area contributed by atoms with Crippen molar-refractivity contribution < 1.29 is 52.2 Å². The average molecular weight is 1050 g/mol. The lowest BCUT2D eigenvalue weighted by Gasteiger charge is -2.21. The van der Waals surface area contributed by atoms with Gasteiger partial charge in [0.2, 0.25) is 0 Å². The fourth-order valence-electron chi connectivity index (χ4n) is 9.30. The van der Waals surface area contributed by atoms with Gasteiger partial charge in [-0.05, 0) is 19.3 Å². The van der Waals surface area contributed by atoms with Gasteiger partial charge in [0.1, 0.15) is 12.7 Å². The Morgan fingerprint density at radius 1 is 0.333 bits per heavy atom. The molecule has 2 N–H and O–H groups in total. The molecule has 3 atom stereocenters. The zero-order chi connectivity index (χ0) is 52.7. The number of carbonyl (C=O) groups is 3. The van der Waals surface area contributed by atoms with E-state index in [2.05, 4.69) is 20.8 Å². The number of hydrogen-bond acceptors (Lipinski definition) is 10. The van der Waals surface area contributed by atoms with Crippen molar-refractivity contribution in [2.24, 2.45) is 0 Å². The topological polar surface area (TPSA) is 155 Å². The number of ether oxygens (including phenoxy) is 3. The number of phosphoric acid groups is 1. The molecular weight excluding hydrogens is 928 g/mol. The third-order valence-corrected chi connectivity index (χ3v) is 15.0. The highest BCUT2D eigenvalue weighted by atomic mass is 31.2. The van der Waals surface area contributed by atoms with Gasteiger partial charge in [-0.15, -0.1) is 0 Å². The minimum absolute atomic E-state index is 0.179. The average Bonchev–Trinajstić information content (AvgIpc) is 3.37. The maximum absolute atomic E-state index is 12.9. The van der Waals surface area contributed by atoms with Crippen molar-refractivity contribution in [3.8, 4) is 0 Å². The van der Waals surface area contributed by atoms with Gasteiger partial charge in [0.15, 0.2) is 6.10 Å². The summed E-state index contributed by atoms with van der Waals surface area (Å²) < 4.78 is 39.6. The number of phosphoric ester groups is 1. The first-order valence-electron chi connectivity index (χ1n) is 30.9. The van der Waals surface area contributed by atoms with Crippen molar-refractivity contribution in [1.82, 2.24) is 0 Å². The van der Waals surface area contributed by atoms with Crippen LogP contribution in [0.4, 0.5) is 0 Å². The molecule has 0 heterocycles. The van der Waals surface area contributed by atoms with Crippen LogP contribution in [-0.4, -0.2) is 66.5 Å². The predicted molar refractivity (Wildman–Crippen MR) is 298 cm³/mol. The molecule has 72 heavy (non-hydrogen) atoms. The van der Waals surface area contributed by atoms with Crippen LogP contribution < -0.4 is 0 Å². The zero-order valence-corrected chi connectivity index (χ0v) is 48.3. The van der Waals surface area contributed by atoms with Crippen LogP contribution in [0.2, 0.25) is 0 Å².